The molecule has 0 bridgehead atoms. The van der Waals surface area contributed by atoms with Gasteiger partial charge in [-0.15, -0.1) is 11.3 Å². The number of rotatable bonds is 4. The molecule has 0 amide bonds. The molecule has 5 heteroatoms. The molecule has 0 saturated heterocycles. The summed E-state index contributed by atoms with van der Waals surface area (Å²) < 4.78 is 1.09. The molecule has 8 rings (SSSR count). The largest absolute Gasteiger partial charge is 0.248 e. The molecule has 0 aliphatic carbocycles. The molecule has 200 valence electrons. The summed E-state index contributed by atoms with van der Waals surface area (Å²) in [7, 11) is 0. The van der Waals surface area contributed by atoms with E-state index in [0.717, 1.165) is 70.4 Å². The maximum absolute atomic E-state index is 8.26. The molecule has 0 spiro atoms. The fourth-order valence-corrected chi connectivity index (χ4v) is 6.95. The number of benzene rings is 5. The maximum atomic E-state index is 8.26. The zero-order valence-corrected chi connectivity index (χ0v) is 23.7. The van der Waals surface area contributed by atoms with Gasteiger partial charge in [0.25, 0.3) is 0 Å². The van der Waals surface area contributed by atoms with E-state index in [2.05, 4.69) is 53.4 Å². The Morgan fingerprint density at radius 2 is 1.05 bits per heavy atom. The zero-order chi connectivity index (χ0) is 28.8. The van der Waals surface area contributed by atoms with Gasteiger partial charge in [-0.2, -0.15) is 0 Å². The normalized spacial score (nSPS) is 11.2. The Morgan fingerprint density at radius 1 is 0.488 bits per heavy atom. The predicted octanol–water partition coefficient (Wildman–Crippen LogP) is 10.6. The van der Waals surface area contributed by atoms with Crippen LogP contribution in [0, 0.1) is 6.57 Å². The lowest BCUT2D eigenvalue weighted by Gasteiger charge is -2.10. The summed E-state index contributed by atoms with van der Waals surface area (Å²) in [6.07, 6.45) is 0. The van der Waals surface area contributed by atoms with E-state index >= 15 is 0 Å². The molecule has 0 fully saturated rings. The lowest BCUT2D eigenvalue weighted by Crippen LogP contribution is -1.95. The summed E-state index contributed by atoms with van der Waals surface area (Å²) in [4.78, 5) is 20.0. The van der Waals surface area contributed by atoms with Crippen LogP contribution >= 0.6 is 11.3 Å². The van der Waals surface area contributed by atoms with Gasteiger partial charge >= 0.3 is 0 Å². The third-order valence-corrected chi connectivity index (χ3v) is 8.98. The van der Waals surface area contributed by atoms with Gasteiger partial charge < -0.3 is 0 Å². The topological polar surface area (TPSA) is 43.0 Å². The van der Waals surface area contributed by atoms with Crippen molar-refractivity contribution in [3.05, 3.63) is 145 Å². The summed E-state index contributed by atoms with van der Waals surface area (Å²) in [6.45, 7) is 8.26. The third-order valence-electron chi connectivity index (χ3n) is 7.72. The van der Waals surface area contributed by atoms with Crippen molar-refractivity contribution in [2.24, 2.45) is 0 Å². The van der Waals surface area contributed by atoms with Crippen LogP contribution in [0.3, 0.4) is 0 Å². The number of aromatic nitrogens is 3. The third kappa shape index (κ3) is 4.25. The number of pyridine rings is 1. The number of hydrogen-bond acceptors (Lipinski definition) is 4. The Morgan fingerprint density at radius 3 is 1.74 bits per heavy atom. The van der Waals surface area contributed by atoms with E-state index in [1.165, 1.54) is 0 Å². The Labute approximate surface area is 252 Å². The number of para-hydroxylation sites is 2. The van der Waals surface area contributed by atoms with Crippen LogP contribution in [0.1, 0.15) is 0 Å². The van der Waals surface area contributed by atoms with E-state index in [-0.39, 0.29) is 0 Å². The molecule has 5 aromatic carbocycles. The van der Waals surface area contributed by atoms with Crippen LogP contribution in [-0.4, -0.2) is 15.0 Å². The van der Waals surface area contributed by atoms with E-state index in [4.69, 9.17) is 21.5 Å². The minimum Gasteiger partial charge on any atom is -0.248 e. The highest BCUT2D eigenvalue weighted by atomic mass is 32.1. The van der Waals surface area contributed by atoms with Crippen LogP contribution in [0.5, 0.6) is 0 Å². The smallest absolute Gasteiger partial charge is 0.215 e. The number of fused-ring (bicyclic) bond motifs is 4. The number of thiophene rings is 1. The quantitative estimate of drug-likeness (QED) is 0.199. The molecule has 0 N–H and O–H groups in total. The van der Waals surface area contributed by atoms with Crippen LogP contribution in [-0.2, 0) is 0 Å². The van der Waals surface area contributed by atoms with E-state index in [9.17, 15) is 0 Å². The summed E-state index contributed by atoms with van der Waals surface area (Å²) in [5, 5.41) is 2.98. The first-order valence-corrected chi connectivity index (χ1v) is 14.8. The highest BCUT2D eigenvalue weighted by molar-refractivity contribution is 7.24. The number of nitrogens with zero attached hydrogens (tertiary/aromatic N) is 4. The van der Waals surface area contributed by atoms with Gasteiger partial charge in [0.2, 0.25) is 5.69 Å². The molecule has 8 aromatic rings. The first-order valence-electron chi connectivity index (χ1n) is 14.0. The summed E-state index contributed by atoms with van der Waals surface area (Å²) in [5.74, 6) is 0.700. The van der Waals surface area contributed by atoms with Gasteiger partial charge in [0, 0.05) is 36.9 Å². The van der Waals surface area contributed by atoms with Crippen molar-refractivity contribution >= 4 is 48.9 Å². The molecule has 0 aliphatic heterocycles. The summed E-state index contributed by atoms with van der Waals surface area (Å²) in [6, 6.07) is 45.0. The van der Waals surface area contributed by atoms with Gasteiger partial charge in [-0.3, -0.25) is 0 Å². The average Bonchev–Trinajstić information content (AvgIpc) is 3.48. The first-order chi connectivity index (χ1) is 21.3. The summed E-state index contributed by atoms with van der Waals surface area (Å²) in [5.41, 5.74) is 8.20. The molecule has 0 saturated carbocycles. The summed E-state index contributed by atoms with van der Waals surface area (Å²) >= 11 is 1.66. The molecular weight excluding hydrogens is 545 g/mol. The predicted molar refractivity (Wildman–Crippen MR) is 178 cm³/mol. The minimum atomic E-state index is 0.642. The van der Waals surface area contributed by atoms with Gasteiger partial charge in [-0.25, -0.2) is 19.8 Å². The van der Waals surface area contributed by atoms with E-state index in [1.807, 2.05) is 84.9 Å². The van der Waals surface area contributed by atoms with Crippen molar-refractivity contribution in [1.29, 1.82) is 0 Å². The number of hydrogen-bond donors (Lipinski definition) is 0. The monoisotopic (exact) mass is 566 g/mol. The van der Waals surface area contributed by atoms with Crippen molar-refractivity contribution in [3.63, 3.8) is 0 Å². The molecule has 0 aliphatic rings. The fraction of sp³-hybridized carbons (Fsp3) is 0. The zero-order valence-electron chi connectivity index (χ0n) is 22.9. The molecule has 3 heterocycles. The lowest BCUT2D eigenvalue weighted by atomic mass is 10.0. The van der Waals surface area contributed by atoms with Crippen molar-refractivity contribution in [1.82, 2.24) is 15.0 Å². The average molecular weight is 567 g/mol. The molecular formula is C38H22N4S. The van der Waals surface area contributed by atoms with Crippen LogP contribution in [0.25, 0.3) is 81.1 Å². The van der Waals surface area contributed by atoms with E-state index < -0.39 is 0 Å². The lowest BCUT2D eigenvalue weighted by molar-refractivity contribution is 1.23. The Kier molecular flexibility index (Phi) is 5.99. The van der Waals surface area contributed by atoms with Crippen LogP contribution in [0.15, 0.2) is 133 Å². The molecule has 4 nitrogen and oxygen atoms in total. The van der Waals surface area contributed by atoms with Crippen LogP contribution in [0.4, 0.5) is 5.69 Å². The van der Waals surface area contributed by atoms with Gasteiger partial charge in [-0.05, 0) is 23.3 Å². The van der Waals surface area contributed by atoms with Gasteiger partial charge in [-0.1, -0.05) is 121 Å². The van der Waals surface area contributed by atoms with E-state index in [1.54, 1.807) is 11.3 Å². The molecule has 0 radical (unpaired) electrons. The van der Waals surface area contributed by atoms with E-state index in [0.29, 0.717) is 11.5 Å². The highest BCUT2D eigenvalue weighted by Gasteiger charge is 2.21. The van der Waals surface area contributed by atoms with Crippen molar-refractivity contribution in [2.45, 2.75) is 0 Å². The van der Waals surface area contributed by atoms with Crippen molar-refractivity contribution in [2.75, 3.05) is 0 Å². The van der Waals surface area contributed by atoms with Crippen LogP contribution < -0.4 is 0 Å². The second-order valence-electron chi connectivity index (χ2n) is 10.3. The standard InChI is InChI=1S/C38H22N4S/c1-39-35-32-34(24-12-4-2-5-13-24)40-31-19-11-9-17-29(31)37(32)43-36(35)26-22-20-25(21-23-26)33-28-16-8-10-18-30(28)41-38(42-33)27-14-6-3-7-15-27/h2-23H. The van der Waals surface area contributed by atoms with Gasteiger partial charge in [0.05, 0.1) is 29.0 Å². The van der Waals surface area contributed by atoms with Crippen molar-refractivity contribution in [3.8, 4) is 44.3 Å². The van der Waals surface area contributed by atoms with Gasteiger partial charge in [0.15, 0.2) is 5.82 Å². The first kappa shape index (κ1) is 25.0. The Bertz CT molecular complexity index is 2340. The molecule has 0 atom stereocenters. The SMILES string of the molecule is [C-]#[N+]c1c(-c2ccc(-c3nc(-c4ccccc4)nc4ccccc34)cc2)sc2c1c(-c1ccccc1)nc1ccccc12. The molecule has 3 aromatic heterocycles. The fourth-order valence-electron chi connectivity index (χ4n) is 5.67. The Hall–Kier alpha value is -5.70. The minimum absolute atomic E-state index is 0.642. The van der Waals surface area contributed by atoms with Crippen LogP contribution in [0.2, 0.25) is 0 Å². The Balaban J connectivity index is 1.31. The van der Waals surface area contributed by atoms with Gasteiger partial charge in [0.1, 0.15) is 0 Å². The maximum Gasteiger partial charge on any atom is 0.215 e. The second kappa shape index (κ2) is 10.3. The molecule has 0 unspecified atom stereocenters. The second-order valence-corrected chi connectivity index (χ2v) is 11.3. The van der Waals surface area contributed by atoms with Crippen molar-refractivity contribution < 1.29 is 0 Å². The highest BCUT2D eigenvalue weighted by Crippen LogP contribution is 2.50. The molecule has 43 heavy (non-hydrogen) atoms.